The topological polar surface area (TPSA) is 105 Å². The van der Waals surface area contributed by atoms with E-state index in [1.165, 1.54) is 0 Å². The van der Waals surface area contributed by atoms with Gasteiger partial charge in [0.2, 0.25) is 10.0 Å². The zero-order valence-corrected chi connectivity index (χ0v) is 16.3. The minimum Gasteiger partial charge on any atom is -0.755 e. The van der Waals surface area contributed by atoms with Crippen molar-refractivity contribution in [3.8, 4) is 0 Å². The molecule has 7 nitrogen and oxygen atoms in total. The Morgan fingerprint density at radius 2 is 1.72 bits per heavy atom. The fourth-order valence-corrected chi connectivity index (χ4v) is 4.02. The average molecular weight is 392 g/mol. The van der Waals surface area contributed by atoms with E-state index in [0.717, 1.165) is 37.7 Å². The highest BCUT2D eigenvalue weighted by Gasteiger charge is 2.16. The number of sulfonamides is 1. The lowest BCUT2D eigenvalue weighted by Crippen LogP contribution is -2.28. The molecule has 0 saturated heterocycles. The Bertz CT molecular complexity index is 623. The maximum atomic E-state index is 11.7. The van der Waals surface area contributed by atoms with Crippen molar-refractivity contribution >= 4 is 17.8 Å². The van der Waals surface area contributed by atoms with Crippen LogP contribution in [0.2, 0.25) is 0 Å². The van der Waals surface area contributed by atoms with E-state index >= 15 is 0 Å². The van der Waals surface area contributed by atoms with Gasteiger partial charge >= 0.3 is 0 Å². The van der Waals surface area contributed by atoms with Crippen molar-refractivity contribution in [3.63, 3.8) is 0 Å². The smallest absolute Gasteiger partial charge is 0.285 e. The first kappa shape index (κ1) is 22.3. The zero-order chi connectivity index (χ0) is 18.6. The Kier molecular flexibility index (Phi) is 10.5. The molecule has 9 heteroatoms. The SMILES string of the molecule is CCCCCCCCS(=O)(=O)NOP(=O)([O-])OCCc1ccccc1. The van der Waals surface area contributed by atoms with E-state index in [1.54, 1.807) is 4.89 Å². The van der Waals surface area contributed by atoms with E-state index in [2.05, 4.69) is 16.1 Å². The van der Waals surface area contributed by atoms with Crippen molar-refractivity contribution < 1.29 is 27.0 Å². The molecule has 0 radical (unpaired) electrons. The second-order valence-electron chi connectivity index (χ2n) is 5.78. The lowest BCUT2D eigenvalue weighted by molar-refractivity contribution is -0.228. The summed E-state index contributed by atoms with van der Waals surface area (Å²) in [5.74, 6) is -0.177. The normalized spacial score (nSPS) is 14.3. The Morgan fingerprint density at radius 1 is 1.08 bits per heavy atom. The molecule has 0 fully saturated rings. The van der Waals surface area contributed by atoms with Crippen LogP contribution < -0.4 is 9.78 Å². The van der Waals surface area contributed by atoms with Gasteiger partial charge in [0, 0.05) is 0 Å². The summed E-state index contributed by atoms with van der Waals surface area (Å²) in [6.07, 6.45) is 5.91. The third-order valence-electron chi connectivity index (χ3n) is 3.53. The predicted molar refractivity (Wildman–Crippen MR) is 95.1 cm³/mol. The summed E-state index contributed by atoms with van der Waals surface area (Å²) in [5, 5.41) is 0. The highest BCUT2D eigenvalue weighted by atomic mass is 32.2. The Hall–Kier alpha value is -0.760. The second-order valence-corrected chi connectivity index (χ2v) is 8.92. The first-order valence-electron chi connectivity index (χ1n) is 8.52. The molecule has 1 aromatic rings. The largest absolute Gasteiger partial charge is 0.755 e. The van der Waals surface area contributed by atoms with Crippen LogP contribution in [-0.2, 0) is 30.2 Å². The molecule has 1 aromatic carbocycles. The van der Waals surface area contributed by atoms with Gasteiger partial charge in [-0.15, -0.1) is 0 Å². The van der Waals surface area contributed by atoms with Crippen LogP contribution in [-0.4, -0.2) is 20.8 Å². The van der Waals surface area contributed by atoms with Gasteiger partial charge in [-0.25, -0.2) is 13.0 Å². The molecule has 0 aromatic heterocycles. The molecule has 0 aliphatic carbocycles. The maximum Gasteiger partial charge on any atom is 0.285 e. The second kappa shape index (κ2) is 11.8. The monoisotopic (exact) mass is 392 g/mol. The van der Waals surface area contributed by atoms with Gasteiger partial charge in [-0.2, -0.15) is 0 Å². The molecule has 1 atom stereocenters. The van der Waals surface area contributed by atoms with E-state index in [0.29, 0.717) is 12.8 Å². The molecule has 1 rings (SSSR count). The van der Waals surface area contributed by atoms with Crippen LogP contribution in [0.15, 0.2) is 30.3 Å². The molecule has 25 heavy (non-hydrogen) atoms. The van der Waals surface area contributed by atoms with Gasteiger partial charge < -0.3 is 9.42 Å². The predicted octanol–water partition coefficient (Wildman–Crippen LogP) is 2.93. The van der Waals surface area contributed by atoms with Crippen molar-refractivity contribution in [1.82, 2.24) is 4.89 Å². The number of hydrogen-bond donors (Lipinski definition) is 1. The van der Waals surface area contributed by atoms with Crippen LogP contribution in [0.4, 0.5) is 0 Å². The molecule has 0 heterocycles. The minimum atomic E-state index is -4.72. The summed E-state index contributed by atoms with van der Waals surface area (Å²) in [4.78, 5) is 13.2. The fraction of sp³-hybridized carbons (Fsp3) is 0.625. The van der Waals surface area contributed by atoms with E-state index in [9.17, 15) is 17.9 Å². The van der Waals surface area contributed by atoms with Crippen molar-refractivity contribution in [2.45, 2.75) is 51.9 Å². The summed E-state index contributed by atoms with van der Waals surface area (Å²) >= 11 is 0. The summed E-state index contributed by atoms with van der Waals surface area (Å²) in [5.41, 5.74) is 0.908. The number of rotatable bonds is 14. The van der Waals surface area contributed by atoms with Gasteiger partial charge in [0.15, 0.2) is 0 Å². The van der Waals surface area contributed by atoms with Crippen molar-refractivity contribution in [2.24, 2.45) is 0 Å². The Morgan fingerprint density at radius 3 is 2.40 bits per heavy atom. The van der Waals surface area contributed by atoms with Crippen molar-refractivity contribution in [3.05, 3.63) is 35.9 Å². The van der Waals surface area contributed by atoms with E-state index in [-0.39, 0.29) is 12.4 Å². The van der Waals surface area contributed by atoms with Gasteiger partial charge in [0.25, 0.3) is 7.82 Å². The average Bonchev–Trinajstić information content (AvgIpc) is 2.57. The zero-order valence-electron chi connectivity index (χ0n) is 14.6. The third-order valence-corrected chi connectivity index (χ3v) is 5.63. The third kappa shape index (κ3) is 11.5. The van der Waals surface area contributed by atoms with Crippen LogP contribution in [0.25, 0.3) is 0 Å². The molecule has 0 bridgehead atoms. The molecule has 144 valence electrons. The maximum absolute atomic E-state index is 11.7. The summed E-state index contributed by atoms with van der Waals surface area (Å²) in [7, 11) is -8.53. The molecular formula is C16H27NO6PS-. The van der Waals surface area contributed by atoms with Gasteiger partial charge in [-0.1, -0.05) is 74.2 Å². The lowest BCUT2D eigenvalue weighted by atomic mass is 10.1. The molecular weight excluding hydrogens is 365 g/mol. The molecule has 0 spiro atoms. The fourth-order valence-electron chi connectivity index (χ4n) is 2.16. The number of phosphoric acid groups is 1. The lowest BCUT2D eigenvalue weighted by Gasteiger charge is -2.22. The molecule has 0 saturated carbocycles. The van der Waals surface area contributed by atoms with E-state index in [4.69, 9.17) is 0 Å². The summed E-state index contributed by atoms with van der Waals surface area (Å²) in [6, 6.07) is 9.19. The standard InChI is InChI=1S/C16H28NO6PS/c1-2-3-4-5-6-10-15-25(20,21)17-23-24(18,19)22-14-13-16-11-8-7-9-12-16/h7-9,11-12,17H,2-6,10,13-15H2,1H3,(H,18,19)/p-1. The minimum absolute atomic E-state index is 0.121. The van der Waals surface area contributed by atoms with Crippen molar-refractivity contribution in [1.29, 1.82) is 0 Å². The number of benzene rings is 1. The highest BCUT2D eigenvalue weighted by Crippen LogP contribution is 2.37. The van der Waals surface area contributed by atoms with Crippen LogP contribution in [0.5, 0.6) is 0 Å². The highest BCUT2D eigenvalue weighted by molar-refractivity contribution is 7.89. The van der Waals surface area contributed by atoms with Crippen LogP contribution in [0, 0.1) is 0 Å². The van der Waals surface area contributed by atoms with Crippen LogP contribution >= 0.6 is 7.82 Å². The van der Waals surface area contributed by atoms with Crippen LogP contribution in [0.1, 0.15) is 51.0 Å². The van der Waals surface area contributed by atoms with Crippen LogP contribution in [0.3, 0.4) is 0 Å². The first-order valence-corrected chi connectivity index (χ1v) is 11.6. The number of phosphoric ester groups is 1. The van der Waals surface area contributed by atoms with E-state index in [1.807, 2.05) is 30.3 Å². The van der Waals surface area contributed by atoms with Gasteiger partial charge in [-0.3, -0.25) is 4.57 Å². The number of unbranched alkanes of at least 4 members (excludes halogenated alkanes) is 5. The van der Waals surface area contributed by atoms with Crippen molar-refractivity contribution in [2.75, 3.05) is 12.4 Å². The molecule has 1 unspecified atom stereocenters. The molecule has 0 aliphatic heterocycles. The summed E-state index contributed by atoms with van der Waals surface area (Å²) < 4.78 is 43.9. The van der Waals surface area contributed by atoms with Gasteiger partial charge in [0.05, 0.1) is 12.4 Å². The molecule has 0 amide bonds. The number of hydrogen-bond acceptors (Lipinski definition) is 6. The number of nitrogens with one attached hydrogen (secondary N) is 1. The Labute approximate surface area is 150 Å². The van der Waals surface area contributed by atoms with E-state index < -0.39 is 17.8 Å². The quantitative estimate of drug-likeness (QED) is 0.296. The Balaban J connectivity index is 2.23. The summed E-state index contributed by atoms with van der Waals surface area (Å²) in [6.45, 7) is 1.98. The molecule has 0 aliphatic rings. The molecule has 1 N–H and O–H groups in total. The van der Waals surface area contributed by atoms with Gasteiger partial charge in [0.1, 0.15) is 0 Å². The van der Waals surface area contributed by atoms with Gasteiger partial charge in [-0.05, 0) is 18.4 Å². The first-order chi connectivity index (χ1) is 11.8.